The first-order valence-corrected chi connectivity index (χ1v) is 9.49. The standard InChI is InChI=1S/C19H27N5O/c1-13(17-12-25-18-11-7-6-10-16(17)18)20-14(2)19-21-22-23-24(19)15-8-4-3-5-9-15/h6-7,10-11,13-15,17,20H,3-5,8-9,12H2,1-2H3. The van der Waals surface area contributed by atoms with E-state index in [1.54, 1.807) is 0 Å². The van der Waals surface area contributed by atoms with Gasteiger partial charge in [0.05, 0.1) is 18.7 Å². The Kier molecular flexibility index (Phi) is 4.70. The summed E-state index contributed by atoms with van der Waals surface area (Å²) < 4.78 is 7.90. The van der Waals surface area contributed by atoms with Crippen molar-refractivity contribution in [2.45, 2.75) is 70.0 Å². The average Bonchev–Trinajstić information content (AvgIpc) is 3.29. The van der Waals surface area contributed by atoms with Gasteiger partial charge >= 0.3 is 0 Å². The third-order valence-corrected chi connectivity index (χ3v) is 5.68. The lowest BCUT2D eigenvalue weighted by atomic mass is 9.93. The molecule has 1 aromatic heterocycles. The van der Waals surface area contributed by atoms with Gasteiger partial charge in [-0.05, 0) is 43.2 Å². The number of hydrogen-bond acceptors (Lipinski definition) is 5. The van der Waals surface area contributed by atoms with Crippen molar-refractivity contribution in [1.82, 2.24) is 25.5 Å². The quantitative estimate of drug-likeness (QED) is 0.903. The molecule has 25 heavy (non-hydrogen) atoms. The summed E-state index contributed by atoms with van der Waals surface area (Å²) in [7, 11) is 0. The van der Waals surface area contributed by atoms with Crippen LogP contribution in [-0.4, -0.2) is 32.9 Å². The Morgan fingerprint density at radius 2 is 1.96 bits per heavy atom. The van der Waals surface area contributed by atoms with Gasteiger partial charge in [0.1, 0.15) is 5.75 Å². The van der Waals surface area contributed by atoms with Gasteiger partial charge in [0.2, 0.25) is 0 Å². The zero-order chi connectivity index (χ0) is 17.2. The predicted molar refractivity (Wildman–Crippen MR) is 95.6 cm³/mol. The van der Waals surface area contributed by atoms with E-state index in [4.69, 9.17) is 4.74 Å². The minimum Gasteiger partial charge on any atom is -0.493 e. The first-order valence-electron chi connectivity index (χ1n) is 9.49. The van der Waals surface area contributed by atoms with E-state index in [2.05, 4.69) is 57.6 Å². The molecule has 134 valence electrons. The fourth-order valence-electron chi connectivity index (χ4n) is 4.26. The van der Waals surface area contributed by atoms with E-state index in [9.17, 15) is 0 Å². The summed E-state index contributed by atoms with van der Waals surface area (Å²) in [5.74, 6) is 2.32. The monoisotopic (exact) mass is 341 g/mol. The Hall–Kier alpha value is -1.95. The van der Waals surface area contributed by atoms with E-state index in [1.807, 2.05) is 6.07 Å². The highest BCUT2D eigenvalue weighted by molar-refractivity contribution is 5.40. The topological polar surface area (TPSA) is 64.9 Å². The summed E-state index contributed by atoms with van der Waals surface area (Å²) in [6.07, 6.45) is 6.25. The fourth-order valence-corrected chi connectivity index (χ4v) is 4.26. The van der Waals surface area contributed by atoms with Crippen LogP contribution in [0.15, 0.2) is 24.3 Å². The molecular formula is C19H27N5O. The maximum atomic E-state index is 5.84. The Labute approximate surface area is 149 Å². The molecule has 0 bridgehead atoms. The van der Waals surface area contributed by atoms with Crippen molar-refractivity contribution in [2.75, 3.05) is 6.61 Å². The second-order valence-corrected chi connectivity index (χ2v) is 7.41. The van der Waals surface area contributed by atoms with Gasteiger partial charge in [0, 0.05) is 17.5 Å². The van der Waals surface area contributed by atoms with Gasteiger partial charge in [-0.25, -0.2) is 4.68 Å². The zero-order valence-corrected chi connectivity index (χ0v) is 15.1. The molecule has 0 saturated heterocycles. The molecule has 2 aromatic rings. The van der Waals surface area contributed by atoms with Crippen LogP contribution in [0.2, 0.25) is 0 Å². The van der Waals surface area contributed by atoms with Crippen LogP contribution in [0.4, 0.5) is 0 Å². The highest BCUT2D eigenvalue weighted by Crippen LogP contribution is 2.36. The van der Waals surface area contributed by atoms with Crippen molar-refractivity contribution in [3.63, 3.8) is 0 Å². The molecule has 1 N–H and O–H groups in total. The van der Waals surface area contributed by atoms with Crippen molar-refractivity contribution >= 4 is 0 Å². The molecule has 1 aromatic carbocycles. The molecule has 2 heterocycles. The number of benzene rings is 1. The molecule has 6 nitrogen and oxygen atoms in total. The molecule has 2 aliphatic rings. The summed E-state index contributed by atoms with van der Waals surface area (Å²) in [5, 5.41) is 16.3. The van der Waals surface area contributed by atoms with Crippen LogP contribution in [0.25, 0.3) is 0 Å². The molecule has 4 rings (SSSR count). The number of aromatic nitrogens is 4. The second kappa shape index (κ2) is 7.12. The van der Waals surface area contributed by atoms with Crippen LogP contribution in [0.5, 0.6) is 5.75 Å². The van der Waals surface area contributed by atoms with Crippen LogP contribution >= 0.6 is 0 Å². The molecule has 1 aliphatic heterocycles. The molecule has 3 atom stereocenters. The summed E-state index contributed by atoms with van der Waals surface area (Å²) in [6.45, 7) is 5.11. The average molecular weight is 341 g/mol. The lowest BCUT2D eigenvalue weighted by molar-refractivity contribution is 0.283. The first kappa shape index (κ1) is 16.5. The Balaban J connectivity index is 1.46. The molecule has 0 spiro atoms. The number of tetrazole rings is 1. The summed E-state index contributed by atoms with van der Waals surface area (Å²) >= 11 is 0. The summed E-state index contributed by atoms with van der Waals surface area (Å²) in [4.78, 5) is 0. The number of fused-ring (bicyclic) bond motifs is 1. The Morgan fingerprint density at radius 1 is 1.16 bits per heavy atom. The van der Waals surface area contributed by atoms with E-state index in [0.717, 1.165) is 18.2 Å². The van der Waals surface area contributed by atoms with Gasteiger partial charge in [0.15, 0.2) is 5.82 Å². The number of hydrogen-bond donors (Lipinski definition) is 1. The Morgan fingerprint density at radius 3 is 2.80 bits per heavy atom. The third-order valence-electron chi connectivity index (χ3n) is 5.68. The minimum absolute atomic E-state index is 0.111. The number of para-hydroxylation sites is 1. The normalized spacial score (nSPS) is 23.0. The smallest absolute Gasteiger partial charge is 0.168 e. The lowest BCUT2D eigenvalue weighted by Gasteiger charge is -2.27. The van der Waals surface area contributed by atoms with Gasteiger partial charge in [-0.15, -0.1) is 5.10 Å². The van der Waals surface area contributed by atoms with Crippen molar-refractivity contribution in [3.8, 4) is 5.75 Å². The molecule has 1 fully saturated rings. The van der Waals surface area contributed by atoms with Crippen LogP contribution in [0, 0.1) is 0 Å². The minimum atomic E-state index is 0.111. The molecule has 1 saturated carbocycles. The van der Waals surface area contributed by atoms with Gasteiger partial charge in [-0.2, -0.15) is 0 Å². The van der Waals surface area contributed by atoms with Crippen molar-refractivity contribution in [1.29, 1.82) is 0 Å². The zero-order valence-electron chi connectivity index (χ0n) is 15.1. The number of nitrogens with zero attached hydrogens (tertiary/aromatic N) is 4. The third kappa shape index (κ3) is 3.27. The van der Waals surface area contributed by atoms with Gasteiger partial charge in [0.25, 0.3) is 0 Å². The van der Waals surface area contributed by atoms with E-state index < -0.39 is 0 Å². The van der Waals surface area contributed by atoms with Crippen molar-refractivity contribution in [3.05, 3.63) is 35.7 Å². The maximum absolute atomic E-state index is 5.84. The molecule has 3 unspecified atom stereocenters. The molecule has 6 heteroatoms. The number of nitrogens with one attached hydrogen (secondary N) is 1. The molecule has 0 amide bonds. The lowest BCUT2D eigenvalue weighted by Crippen LogP contribution is -2.36. The number of rotatable bonds is 5. The molecular weight excluding hydrogens is 314 g/mol. The number of ether oxygens (including phenoxy) is 1. The van der Waals surface area contributed by atoms with E-state index in [0.29, 0.717) is 12.0 Å². The van der Waals surface area contributed by atoms with E-state index >= 15 is 0 Å². The predicted octanol–water partition coefficient (Wildman–Crippen LogP) is 3.39. The highest BCUT2D eigenvalue weighted by Gasteiger charge is 2.31. The van der Waals surface area contributed by atoms with Gasteiger partial charge < -0.3 is 10.1 Å². The van der Waals surface area contributed by atoms with Crippen LogP contribution < -0.4 is 10.1 Å². The maximum Gasteiger partial charge on any atom is 0.168 e. The SMILES string of the molecule is CC(NC(C)C1COc2ccccc21)c1nnnn1C1CCCCC1. The van der Waals surface area contributed by atoms with Crippen LogP contribution in [0.1, 0.15) is 75.3 Å². The summed E-state index contributed by atoms with van der Waals surface area (Å²) in [5.41, 5.74) is 1.29. The summed E-state index contributed by atoms with van der Waals surface area (Å²) in [6, 6.07) is 9.18. The van der Waals surface area contributed by atoms with Crippen LogP contribution in [0.3, 0.4) is 0 Å². The fraction of sp³-hybridized carbons (Fsp3) is 0.632. The molecule has 1 aliphatic carbocycles. The van der Waals surface area contributed by atoms with Crippen LogP contribution in [-0.2, 0) is 0 Å². The largest absolute Gasteiger partial charge is 0.493 e. The van der Waals surface area contributed by atoms with E-state index in [-0.39, 0.29) is 12.1 Å². The second-order valence-electron chi connectivity index (χ2n) is 7.41. The Bertz CT molecular complexity index is 709. The van der Waals surface area contributed by atoms with Gasteiger partial charge in [-0.1, -0.05) is 37.5 Å². The molecule has 0 radical (unpaired) electrons. The van der Waals surface area contributed by atoms with E-state index in [1.165, 1.54) is 37.7 Å². The highest BCUT2D eigenvalue weighted by atomic mass is 16.5. The first-order chi connectivity index (χ1) is 12.2. The van der Waals surface area contributed by atoms with Crippen molar-refractivity contribution < 1.29 is 4.74 Å². The van der Waals surface area contributed by atoms with Crippen molar-refractivity contribution in [2.24, 2.45) is 0 Å². The van der Waals surface area contributed by atoms with Gasteiger partial charge in [-0.3, -0.25) is 0 Å².